The molecule has 0 spiro atoms. The van der Waals surface area contributed by atoms with Crippen molar-refractivity contribution in [1.82, 2.24) is 13.9 Å². The summed E-state index contributed by atoms with van der Waals surface area (Å²) in [7, 11) is -0.913. The lowest BCUT2D eigenvalue weighted by atomic mass is 9.96. The Balaban J connectivity index is 1.84. The summed E-state index contributed by atoms with van der Waals surface area (Å²) in [5.74, 6) is -0.376. The second-order valence-corrected chi connectivity index (χ2v) is 8.70. The van der Waals surface area contributed by atoms with E-state index >= 15 is 0 Å². The maximum atomic E-state index is 13.1. The Morgan fingerprint density at radius 3 is 2.85 bits per heavy atom. The number of aromatic nitrogens is 2. The van der Waals surface area contributed by atoms with Crippen molar-refractivity contribution in [2.45, 2.75) is 48.6 Å². The summed E-state index contributed by atoms with van der Waals surface area (Å²) in [4.78, 5) is 15.5. The van der Waals surface area contributed by atoms with E-state index in [4.69, 9.17) is 9.47 Å². The summed E-state index contributed by atoms with van der Waals surface area (Å²) in [6.07, 6.45) is 2.08. The number of β-amino-alcohol motifs (C(OH)–C–C–N with tert-alkyl or cyclic N) is 1. The van der Waals surface area contributed by atoms with Crippen molar-refractivity contribution in [3.63, 3.8) is 0 Å². The number of carbonyl (C=O) groups is 1. The lowest BCUT2D eigenvalue weighted by Gasteiger charge is -2.43. The molecular weight excluding hydrogens is 378 g/mol. The van der Waals surface area contributed by atoms with E-state index in [1.807, 2.05) is 0 Å². The molecule has 1 N–H and O–H groups in total. The zero-order valence-electron chi connectivity index (χ0n) is 15.4. The Morgan fingerprint density at radius 1 is 1.41 bits per heavy atom. The van der Waals surface area contributed by atoms with Crippen LogP contribution in [0.5, 0.6) is 0 Å². The van der Waals surface area contributed by atoms with Crippen molar-refractivity contribution in [1.29, 1.82) is 0 Å². The molecule has 2 fully saturated rings. The van der Waals surface area contributed by atoms with Crippen LogP contribution >= 0.6 is 0 Å². The van der Waals surface area contributed by atoms with Gasteiger partial charge in [0.05, 0.1) is 57.4 Å². The number of carbonyl (C=O) groups excluding carboxylic acids is 1. The fourth-order valence-corrected chi connectivity index (χ4v) is 5.17. The van der Waals surface area contributed by atoms with Crippen LogP contribution in [-0.2, 0) is 36.1 Å². The van der Waals surface area contributed by atoms with Gasteiger partial charge in [0.25, 0.3) is 10.0 Å². The van der Waals surface area contributed by atoms with Crippen LogP contribution < -0.4 is 0 Å². The normalized spacial score (nSPS) is 30.2. The number of rotatable bonds is 4. The summed E-state index contributed by atoms with van der Waals surface area (Å²) in [5, 5.41) is 10.1. The minimum absolute atomic E-state index is 0.00247. The minimum atomic E-state index is -3.92. The zero-order chi connectivity index (χ0) is 19.6. The van der Waals surface area contributed by atoms with Crippen molar-refractivity contribution >= 4 is 16.0 Å². The zero-order valence-corrected chi connectivity index (χ0v) is 16.2. The van der Waals surface area contributed by atoms with E-state index in [-0.39, 0.29) is 43.3 Å². The third-order valence-electron chi connectivity index (χ3n) is 4.81. The topological polar surface area (TPSA) is 120 Å². The van der Waals surface area contributed by atoms with Crippen LogP contribution in [0.1, 0.15) is 19.3 Å². The second-order valence-electron chi connectivity index (χ2n) is 6.86. The fourth-order valence-electron chi connectivity index (χ4n) is 3.48. The number of hydrogen-bond donors (Lipinski definition) is 1. The van der Waals surface area contributed by atoms with E-state index in [1.54, 1.807) is 11.6 Å². The number of fused-ring (bicyclic) bond motifs is 1. The third-order valence-corrected chi connectivity index (χ3v) is 6.59. The summed E-state index contributed by atoms with van der Waals surface area (Å²) in [6.45, 7) is 0.0290. The van der Waals surface area contributed by atoms with Crippen LogP contribution in [0.2, 0.25) is 0 Å². The summed E-state index contributed by atoms with van der Waals surface area (Å²) in [6, 6.07) is -0.513. The molecule has 11 heteroatoms. The number of methoxy groups -OCH3 is 1. The molecule has 0 aromatic carbocycles. The Labute approximate surface area is 158 Å². The van der Waals surface area contributed by atoms with Gasteiger partial charge in [-0.3, -0.25) is 4.79 Å². The van der Waals surface area contributed by atoms with Crippen LogP contribution in [0.3, 0.4) is 0 Å². The second kappa shape index (κ2) is 8.23. The molecule has 0 aliphatic carbocycles. The van der Waals surface area contributed by atoms with Gasteiger partial charge >= 0.3 is 5.97 Å². The van der Waals surface area contributed by atoms with Crippen molar-refractivity contribution in [2.75, 3.05) is 26.9 Å². The van der Waals surface area contributed by atoms with E-state index in [9.17, 15) is 18.3 Å². The number of esters is 1. The molecule has 10 nitrogen and oxygen atoms in total. The number of sulfonamides is 1. The molecule has 4 atom stereocenters. The van der Waals surface area contributed by atoms with Crippen molar-refractivity contribution in [2.24, 2.45) is 7.05 Å². The first kappa shape index (κ1) is 20.2. The SMILES string of the molecule is COC(=O)C[C@H]1CC[C@@H]2[C@H](COC[C@@H](O)CN2S(=O)(=O)c2cn(C)cn2)O1. The van der Waals surface area contributed by atoms with Gasteiger partial charge in [0.2, 0.25) is 0 Å². The van der Waals surface area contributed by atoms with Crippen molar-refractivity contribution < 1.29 is 32.5 Å². The first-order valence-corrected chi connectivity index (χ1v) is 10.2. The number of aryl methyl sites for hydroxylation is 1. The predicted molar refractivity (Wildman–Crippen MR) is 92.2 cm³/mol. The van der Waals surface area contributed by atoms with Gasteiger partial charge in [0.1, 0.15) is 0 Å². The largest absolute Gasteiger partial charge is 0.469 e. The number of aliphatic hydroxyl groups excluding tert-OH is 1. The maximum absolute atomic E-state index is 13.1. The molecule has 0 amide bonds. The predicted octanol–water partition coefficient (Wildman–Crippen LogP) is -0.719. The van der Waals surface area contributed by atoms with Gasteiger partial charge in [-0.25, -0.2) is 13.4 Å². The molecular formula is C16H25N3O7S. The first-order valence-electron chi connectivity index (χ1n) is 8.79. The van der Waals surface area contributed by atoms with Crippen LogP contribution in [0.4, 0.5) is 0 Å². The molecule has 0 unspecified atom stereocenters. The molecule has 1 aromatic heterocycles. The highest BCUT2D eigenvalue weighted by atomic mass is 32.2. The van der Waals surface area contributed by atoms with Gasteiger partial charge in [0, 0.05) is 19.8 Å². The summed E-state index contributed by atoms with van der Waals surface area (Å²) in [5.41, 5.74) is 0. The first-order chi connectivity index (χ1) is 12.8. The molecule has 0 bridgehead atoms. The van der Waals surface area contributed by atoms with Crippen molar-refractivity contribution in [3.8, 4) is 0 Å². The van der Waals surface area contributed by atoms with Gasteiger partial charge in [-0.15, -0.1) is 0 Å². The molecule has 1 aromatic rings. The van der Waals surface area contributed by atoms with Crippen LogP contribution in [0.25, 0.3) is 0 Å². The van der Waals surface area contributed by atoms with Crippen LogP contribution in [0, 0.1) is 0 Å². The Bertz CT molecular complexity index is 766. The lowest BCUT2D eigenvalue weighted by molar-refractivity contribution is -0.157. The average Bonchev–Trinajstić information content (AvgIpc) is 3.06. The number of nitrogens with zero attached hydrogens (tertiary/aromatic N) is 3. The highest BCUT2D eigenvalue weighted by Crippen LogP contribution is 2.31. The molecule has 0 radical (unpaired) electrons. The van der Waals surface area contributed by atoms with Gasteiger partial charge in [-0.2, -0.15) is 4.31 Å². The molecule has 0 saturated carbocycles. The van der Waals surface area contributed by atoms with Gasteiger partial charge in [-0.1, -0.05) is 0 Å². The molecule has 2 aliphatic heterocycles. The van der Waals surface area contributed by atoms with Gasteiger partial charge in [-0.05, 0) is 12.8 Å². The van der Waals surface area contributed by atoms with Gasteiger partial charge < -0.3 is 23.9 Å². The standard InChI is InChI=1S/C16H25N3O7S/c1-18-7-15(17-10-18)27(22,23)19-6-11(20)8-25-9-14-13(19)4-3-12(26-14)5-16(21)24-2/h7,10-14,20H,3-6,8-9H2,1-2H3/t11-,12+,13+,14-/m0/s1. The minimum Gasteiger partial charge on any atom is -0.469 e. The highest BCUT2D eigenvalue weighted by Gasteiger charge is 2.43. The molecule has 27 heavy (non-hydrogen) atoms. The number of imidazole rings is 1. The lowest BCUT2D eigenvalue weighted by Crippen LogP contribution is -2.57. The van der Waals surface area contributed by atoms with Crippen LogP contribution in [0.15, 0.2) is 17.6 Å². The molecule has 3 rings (SSSR count). The molecule has 3 heterocycles. The molecule has 2 aliphatic rings. The molecule has 2 saturated heterocycles. The maximum Gasteiger partial charge on any atom is 0.308 e. The Morgan fingerprint density at radius 2 is 2.19 bits per heavy atom. The smallest absolute Gasteiger partial charge is 0.308 e. The Kier molecular flexibility index (Phi) is 6.16. The van der Waals surface area contributed by atoms with E-state index in [1.165, 1.54) is 23.9 Å². The average molecular weight is 403 g/mol. The summed E-state index contributed by atoms with van der Waals surface area (Å²) >= 11 is 0. The molecule has 152 valence electrons. The van der Waals surface area contributed by atoms with E-state index in [0.717, 1.165) is 0 Å². The number of aliphatic hydroxyl groups is 1. The quantitative estimate of drug-likeness (QED) is 0.654. The Hall–Kier alpha value is -1.53. The fraction of sp³-hybridized carbons (Fsp3) is 0.750. The highest BCUT2D eigenvalue weighted by molar-refractivity contribution is 7.89. The van der Waals surface area contributed by atoms with Crippen LogP contribution in [-0.4, -0.2) is 84.6 Å². The van der Waals surface area contributed by atoms with Crippen molar-refractivity contribution in [3.05, 3.63) is 12.5 Å². The monoisotopic (exact) mass is 403 g/mol. The number of hydrogen-bond acceptors (Lipinski definition) is 8. The third kappa shape index (κ3) is 4.49. The van der Waals surface area contributed by atoms with E-state index in [2.05, 4.69) is 9.72 Å². The summed E-state index contributed by atoms with van der Waals surface area (Å²) < 4.78 is 45.2. The number of ether oxygens (including phenoxy) is 3. The van der Waals surface area contributed by atoms with E-state index in [0.29, 0.717) is 12.8 Å². The van der Waals surface area contributed by atoms with Gasteiger partial charge in [0.15, 0.2) is 5.03 Å². The van der Waals surface area contributed by atoms with E-state index < -0.39 is 28.3 Å².